The molecule has 3 unspecified atom stereocenters. The van der Waals surface area contributed by atoms with Gasteiger partial charge < -0.3 is 5.32 Å². The maximum absolute atomic E-state index is 4.38. The Kier molecular flexibility index (Phi) is 4.11. The van der Waals surface area contributed by atoms with E-state index in [2.05, 4.69) is 29.1 Å². The smallest absolute Gasteiger partial charge is 0.0724 e. The highest BCUT2D eigenvalue weighted by Crippen LogP contribution is 2.28. The highest BCUT2D eigenvalue weighted by molar-refractivity contribution is 5.00. The predicted octanol–water partition coefficient (Wildman–Crippen LogP) is 2.70. The van der Waals surface area contributed by atoms with Crippen LogP contribution in [-0.4, -0.2) is 16.0 Å². The Morgan fingerprint density at radius 2 is 2.06 bits per heavy atom. The maximum Gasteiger partial charge on any atom is 0.0724 e. The quantitative estimate of drug-likeness (QED) is 0.872. The topological polar surface area (TPSA) is 37.8 Å². The van der Waals surface area contributed by atoms with E-state index in [4.69, 9.17) is 0 Å². The molecule has 3 nitrogen and oxygen atoms in total. The van der Waals surface area contributed by atoms with Crippen molar-refractivity contribution < 1.29 is 0 Å². The van der Waals surface area contributed by atoms with E-state index in [-0.39, 0.29) is 0 Å². The van der Waals surface area contributed by atoms with Crippen LogP contribution < -0.4 is 5.32 Å². The molecule has 0 bridgehead atoms. The number of hydrogen-bond donors (Lipinski definition) is 1. The number of rotatable bonds is 3. The molecule has 0 radical (unpaired) electrons. The fourth-order valence-corrected chi connectivity index (χ4v) is 2.56. The zero-order valence-corrected chi connectivity index (χ0v) is 11.1. The number of aromatic nitrogens is 2. The van der Waals surface area contributed by atoms with Crippen molar-refractivity contribution in [3.63, 3.8) is 0 Å². The van der Waals surface area contributed by atoms with Gasteiger partial charge in [-0.2, -0.15) is 0 Å². The molecule has 1 aromatic heterocycles. The largest absolute Gasteiger partial charge is 0.308 e. The molecule has 94 valence electrons. The molecule has 1 aromatic rings. The van der Waals surface area contributed by atoms with Crippen LogP contribution in [0.3, 0.4) is 0 Å². The minimum atomic E-state index is 0.641. The van der Waals surface area contributed by atoms with Crippen LogP contribution in [0.4, 0.5) is 0 Å². The number of aryl methyl sites for hydroxylation is 1. The van der Waals surface area contributed by atoms with Gasteiger partial charge in [0.05, 0.1) is 11.4 Å². The summed E-state index contributed by atoms with van der Waals surface area (Å²) in [5, 5.41) is 3.64. The molecule has 0 aliphatic heterocycles. The number of hydrogen-bond acceptors (Lipinski definition) is 3. The van der Waals surface area contributed by atoms with Gasteiger partial charge in [-0.1, -0.05) is 20.3 Å². The Morgan fingerprint density at radius 3 is 2.76 bits per heavy atom. The van der Waals surface area contributed by atoms with Crippen LogP contribution >= 0.6 is 0 Å². The normalized spacial score (nSPS) is 29.2. The second-order valence-electron chi connectivity index (χ2n) is 5.53. The SMILES string of the molecule is Cc1cnc(CNC2CC(C)CCC2C)cn1. The molecule has 2 rings (SSSR count). The van der Waals surface area contributed by atoms with E-state index in [9.17, 15) is 0 Å². The molecule has 0 amide bonds. The molecule has 1 aliphatic carbocycles. The summed E-state index contributed by atoms with van der Waals surface area (Å²) in [6, 6.07) is 0.641. The van der Waals surface area contributed by atoms with Gasteiger partial charge in [0.1, 0.15) is 0 Å². The van der Waals surface area contributed by atoms with Gasteiger partial charge in [-0.05, 0) is 31.6 Å². The first-order valence-electron chi connectivity index (χ1n) is 6.66. The summed E-state index contributed by atoms with van der Waals surface area (Å²) in [5.74, 6) is 1.64. The predicted molar refractivity (Wildman–Crippen MR) is 69.6 cm³/mol. The first kappa shape index (κ1) is 12.5. The zero-order chi connectivity index (χ0) is 12.3. The minimum Gasteiger partial charge on any atom is -0.308 e. The molecule has 0 spiro atoms. The third-order valence-corrected chi connectivity index (χ3v) is 3.84. The average molecular weight is 233 g/mol. The molecule has 3 heteroatoms. The van der Waals surface area contributed by atoms with Crippen LogP contribution in [0.15, 0.2) is 12.4 Å². The zero-order valence-electron chi connectivity index (χ0n) is 11.1. The van der Waals surface area contributed by atoms with Gasteiger partial charge in [0.15, 0.2) is 0 Å². The molecule has 1 N–H and O–H groups in total. The second kappa shape index (κ2) is 5.58. The van der Waals surface area contributed by atoms with Gasteiger partial charge in [-0.3, -0.25) is 9.97 Å². The van der Waals surface area contributed by atoms with E-state index in [0.29, 0.717) is 6.04 Å². The lowest BCUT2D eigenvalue weighted by Gasteiger charge is -2.33. The number of nitrogens with one attached hydrogen (secondary N) is 1. The van der Waals surface area contributed by atoms with Gasteiger partial charge in [-0.25, -0.2) is 0 Å². The maximum atomic E-state index is 4.38. The molecule has 1 aliphatic rings. The van der Waals surface area contributed by atoms with Crippen molar-refractivity contribution in [2.75, 3.05) is 0 Å². The summed E-state index contributed by atoms with van der Waals surface area (Å²) >= 11 is 0. The summed E-state index contributed by atoms with van der Waals surface area (Å²) in [6.07, 6.45) is 7.73. The van der Waals surface area contributed by atoms with Crippen molar-refractivity contribution in [2.24, 2.45) is 11.8 Å². The van der Waals surface area contributed by atoms with Crippen molar-refractivity contribution in [1.82, 2.24) is 15.3 Å². The molecule has 1 saturated carbocycles. The van der Waals surface area contributed by atoms with Crippen LogP contribution in [0.25, 0.3) is 0 Å². The monoisotopic (exact) mass is 233 g/mol. The molecule has 1 fully saturated rings. The van der Waals surface area contributed by atoms with E-state index in [1.165, 1.54) is 19.3 Å². The van der Waals surface area contributed by atoms with Gasteiger partial charge >= 0.3 is 0 Å². The molecule has 17 heavy (non-hydrogen) atoms. The Bertz CT molecular complexity index is 347. The van der Waals surface area contributed by atoms with Crippen molar-refractivity contribution >= 4 is 0 Å². The van der Waals surface area contributed by atoms with Crippen LogP contribution in [0.2, 0.25) is 0 Å². The fraction of sp³-hybridized carbons (Fsp3) is 0.714. The molecular formula is C14H23N3. The van der Waals surface area contributed by atoms with Gasteiger partial charge in [0, 0.05) is 25.0 Å². The summed E-state index contributed by atoms with van der Waals surface area (Å²) in [5.41, 5.74) is 2.02. The first-order chi connectivity index (χ1) is 8.15. The number of nitrogens with zero attached hydrogens (tertiary/aromatic N) is 2. The lowest BCUT2D eigenvalue weighted by Crippen LogP contribution is -2.39. The third-order valence-electron chi connectivity index (χ3n) is 3.84. The van der Waals surface area contributed by atoms with E-state index in [1.807, 2.05) is 19.3 Å². The van der Waals surface area contributed by atoms with Gasteiger partial charge in [-0.15, -0.1) is 0 Å². The van der Waals surface area contributed by atoms with Crippen molar-refractivity contribution in [1.29, 1.82) is 0 Å². The fourth-order valence-electron chi connectivity index (χ4n) is 2.56. The second-order valence-corrected chi connectivity index (χ2v) is 5.53. The molecule has 3 atom stereocenters. The van der Waals surface area contributed by atoms with Crippen molar-refractivity contribution in [2.45, 2.75) is 52.6 Å². The molecular weight excluding hydrogens is 210 g/mol. The molecule has 0 aromatic carbocycles. The standard InChI is InChI=1S/C14H23N3/c1-10-4-5-11(2)14(6-10)17-9-13-8-15-12(3)7-16-13/h7-8,10-11,14,17H,4-6,9H2,1-3H3. The van der Waals surface area contributed by atoms with Gasteiger partial charge in [0.25, 0.3) is 0 Å². The van der Waals surface area contributed by atoms with Gasteiger partial charge in [0.2, 0.25) is 0 Å². The Labute approximate surface area is 104 Å². The summed E-state index contributed by atoms with van der Waals surface area (Å²) in [7, 11) is 0. The summed E-state index contributed by atoms with van der Waals surface area (Å²) < 4.78 is 0. The van der Waals surface area contributed by atoms with Crippen LogP contribution in [0.1, 0.15) is 44.5 Å². The van der Waals surface area contributed by atoms with E-state index >= 15 is 0 Å². The first-order valence-corrected chi connectivity index (χ1v) is 6.66. The molecule has 1 heterocycles. The summed E-state index contributed by atoms with van der Waals surface area (Å²) in [4.78, 5) is 8.66. The van der Waals surface area contributed by atoms with Crippen molar-refractivity contribution in [3.8, 4) is 0 Å². The van der Waals surface area contributed by atoms with E-state index in [0.717, 1.165) is 29.8 Å². The molecule has 0 saturated heterocycles. The highest BCUT2D eigenvalue weighted by Gasteiger charge is 2.24. The Balaban J connectivity index is 1.86. The van der Waals surface area contributed by atoms with E-state index < -0.39 is 0 Å². The minimum absolute atomic E-state index is 0.641. The van der Waals surface area contributed by atoms with Crippen LogP contribution in [-0.2, 0) is 6.54 Å². The van der Waals surface area contributed by atoms with Crippen molar-refractivity contribution in [3.05, 3.63) is 23.8 Å². The lowest BCUT2D eigenvalue weighted by molar-refractivity contribution is 0.227. The van der Waals surface area contributed by atoms with Crippen LogP contribution in [0.5, 0.6) is 0 Å². The highest BCUT2D eigenvalue weighted by atomic mass is 14.9. The van der Waals surface area contributed by atoms with Crippen LogP contribution in [0, 0.1) is 18.8 Å². The summed E-state index contributed by atoms with van der Waals surface area (Å²) in [6.45, 7) is 7.51. The third kappa shape index (κ3) is 3.50. The average Bonchev–Trinajstić information content (AvgIpc) is 2.32. The Morgan fingerprint density at radius 1 is 1.24 bits per heavy atom. The van der Waals surface area contributed by atoms with E-state index in [1.54, 1.807) is 0 Å². The Hall–Kier alpha value is -0.960. The lowest BCUT2D eigenvalue weighted by atomic mass is 9.80.